The van der Waals surface area contributed by atoms with E-state index in [9.17, 15) is 31.5 Å². The Balaban J connectivity index is 1.71. The van der Waals surface area contributed by atoms with Gasteiger partial charge >= 0.3 is 12.1 Å². The van der Waals surface area contributed by atoms with Gasteiger partial charge in [0, 0.05) is 36.0 Å². The molecule has 0 fully saturated rings. The van der Waals surface area contributed by atoms with Crippen LogP contribution >= 0.6 is 0 Å². The molecule has 1 unspecified atom stereocenters. The number of alkyl halides is 5. The van der Waals surface area contributed by atoms with E-state index in [0.29, 0.717) is 22.5 Å². The van der Waals surface area contributed by atoms with E-state index in [1.807, 2.05) is 0 Å². The number of aromatic nitrogens is 2. The van der Waals surface area contributed by atoms with Crippen LogP contribution in [-0.2, 0) is 11.3 Å². The molecule has 2 amide bonds. The predicted molar refractivity (Wildman–Crippen MR) is 102 cm³/mol. The Hall–Kier alpha value is -3.31. The minimum Gasteiger partial charge on any atom is -0.471 e. The van der Waals surface area contributed by atoms with Crippen LogP contribution in [0.3, 0.4) is 0 Å². The van der Waals surface area contributed by atoms with Gasteiger partial charge in [0.25, 0.3) is 5.91 Å². The standard InChI is InChI=1S/C20H19F5N4O3/c1-3-15(30)28-17-14-9-29(18(31)13(14)6-7-26-17)11(2)12-4-5-16(27-8-12)32-10-19(21,22)20(23,24)25/h4-8,11H,3,9-10H2,1-2H3,(H,26,28,30). The summed E-state index contributed by atoms with van der Waals surface area (Å²) >= 11 is 0. The molecule has 7 nitrogen and oxygen atoms in total. The van der Waals surface area contributed by atoms with Gasteiger partial charge in [0.1, 0.15) is 5.82 Å². The monoisotopic (exact) mass is 458 g/mol. The molecule has 12 heteroatoms. The molecule has 32 heavy (non-hydrogen) atoms. The lowest BCUT2D eigenvalue weighted by molar-refractivity contribution is -0.290. The maximum absolute atomic E-state index is 13.0. The zero-order valence-electron chi connectivity index (χ0n) is 17.0. The molecule has 1 aliphatic heterocycles. The quantitative estimate of drug-likeness (QED) is 0.631. The number of hydrogen-bond donors (Lipinski definition) is 1. The van der Waals surface area contributed by atoms with Crippen molar-refractivity contribution < 1.29 is 36.3 Å². The van der Waals surface area contributed by atoms with Crippen LogP contribution in [-0.4, -0.2) is 45.4 Å². The van der Waals surface area contributed by atoms with Gasteiger partial charge in [-0.25, -0.2) is 9.97 Å². The SMILES string of the molecule is CCC(=O)Nc1nccc2c1CN(C(C)c1ccc(OCC(F)(F)C(F)(F)F)nc1)C2=O. The molecule has 0 radical (unpaired) electrons. The zero-order valence-corrected chi connectivity index (χ0v) is 17.0. The van der Waals surface area contributed by atoms with Crippen molar-refractivity contribution in [3.8, 4) is 5.88 Å². The maximum atomic E-state index is 13.0. The molecule has 1 N–H and O–H groups in total. The van der Waals surface area contributed by atoms with Gasteiger partial charge in [-0.05, 0) is 18.6 Å². The molecular weight excluding hydrogens is 439 g/mol. The van der Waals surface area contributed by atoms with E-state index in [0.717, 1.165) is 6.07 Å². The van der Waals surface area contributed by atoms with Gasteiger partial charge in [0.2, 0.25) is 11.8 Å². The van der Waals surface area contributed by atoms with Gasteiger partial charge in [-0.3, -0.25) is 9.59 Å². The number of carbonyl (C=O) groups is 2. The van der Waals surface area contributed by atoms with Crippen LogP contribution in [0, 0.1) is 0 Å². The number of pyridine rings is 2. The van der Waals surface area contributed by atoms with E-state index in [-0.39, 0.29) is 24.8 Å². The lowest BCUT2D eigenvalue weighted by Crippen LogP contribution is -2.41. The van der Waals surface area contributed by atoms with Crippen LogP contribution in [0.4, 0.5) is 27.8 Å². The van der Waals surface area contributed by atoms with Gasteiger partial charge in [0.15, 0.2) is 6.61 Å². The van der Waals surface area contributed by atoms with Gasteiger partial charge in [-0.2, -0.15) is 22.0 Å². The normalized spacial score (nSPS) is 14.8. The van der Waals surface area contributed by atoms with Crippen molar-refractivity contribution in [1.29, 1.82) is 0 Å². The minimum absolute atomic E-state index is 0.165. The lowest BCUT2D eigenvalue weighted by Gasteiger charge is -2.24. The van der Waals surface area contributed by atoms with E-state index in [1.54, 1.807) is 19.9 Å². The van der Waals surface area contributed by atoms with Crippen LogP contribution in [0.5, 0.6) is 5.88 Å². The van der Waals surface area contributed by atoms with E-state index in [1.165, 1.54) is 23.4 Å². The number of anilines is 1. The van der Waals surface area contributed by atoms with E-state index in [4.69, 9.17) is 0 Å². The molecule has 0 saturated heterocycles. The number of ether oxygens (including phenoxy) is 1. The van der Waals surface area contributed by atoms with Gasteiger partial charge < -0.3 is 15.0 Å². The second kappa shape index (κ2) is 8.67. The van der Waals surface area contributed by atoms with Crippen LogP contribution < -0.4 is 10.1 Å². The van der Waals surface area contributed by atoms with E-state index in [2.05, 4.69) is 20.0 Å². The molecule has 2 aromatic rings. The van der Waals surface area contributed by atoms with Crippen molar-refractivity contribution in [3.63, 3.8) is 0 Å². The Bertz CT molecular complexity index is 1010. The number of amides is 2. The van der Waals surface area contributed by atoms with E-state index >= 15 is 0 Å². The molecule has 172 valence electrons. The third kappa shape index (κ3) is 4.63. The molecule has 1 atom stereocenters. The number of hydrogen-bond acceptors (Lipinski definition) is 5. The summed E-state index contributed by atoms with van der Waals surface area (Å²) in [5.41, 5.74) is 1.46. The average molecular weight is 458 g/mol. The van der Waals surface area contributed by atoms with Crippen molar-refractivity contribution >= 4 is 17.6 Å². The number of carbonyl (C=O) groups excluding carboxylic acids is 2. The molecule has 0 saturated carbocycles. The third-order valence-electron chi connectivity index (χ3n) is 4.98. The predicted octanol–water partition coefficient (Wildman–Crippen LogP) is 4.12. The first-order chi connectivity index (χ1) is 14.9. The fourth-order valence-electron chi connectivity index (χ4n) is 3.04. The second-order valence-electron chi connectivity index (χ2n) is 7.12. The lowest BCUT2D eigenvalue weighted by atomic mass is 10.1. The number of fused-ring (bicyclic) bond motifs is 1. The molecule has 3 heterocycles. The van der Waals surface area contributed by atoms with Crippen molar-refractivity contribution in [1.82, 2.24) is 14.9 Å². The third-order valence-corrected chi connectivity index (χ3v) is 4.98. The fraction of sp³-hybridized carbons (Fsp3) is 0.400. The van der Waals surface area contributed by atoms with Crippen molar-refractivity contribution in [3.05, 3.63) is 47.3 Å². The molecule has 0 spiro atoms. The molecule has 0 aliphatic carbocycles. The Kier molecular flexibility index (Phi) is 6.33. The highest BCUT2D eigenvalue weighted by Gasteiger charge is 2.58. The molecule has 1 aliphatic rings. The average Bonchev–Trinajstić information content (AvgIpc) is 3.09. The number of nitrogens with zero attached hydrogens (tertiary/aromatic N) is 3. The topological polar surface area (TPSA) is 84.4 Å². The van der Waals surface area contributed by atoms with Gasteiger partial charge in [-0.1, -0.05) is 13.0 Å². The molecule has 2 aromatic heterocycles. The summed E-state index contributed by atoms with van der Waals surface area (Å²) < 4.78 is 67.1. The highest BCUT2D eigenvalue weighted by atomic mass is 19.4. The minimum atomic E-state index is -5.73. The van der Waals surface area contributed by atoms with Crippen molar-refractivity contribution in [2.24, 2.45) is 0 Å². The second-order valence-corrected chi connectivity index (χ2v) is 7.12. The summed E-state index contributed by atoms with van der Waals surface area (Å²) in [7, 11) is 0. The smallest absolute Gasteiger partial charge is 0.456 e. The molecular formula is C20H19F5N4O3. The number of nitrogens with one attached hydrogen (secondary N) is 1. The van der Waals surface area contributed by atoms with Crippen LogP contribution in [0.1, 0.15) is 47.8 Å². The summed E-state index contributed by atoms with van der Waals surface area (Å²) in [6.07, 6.45) is -2.83. The number of halogens is 5. The van der Waals surface area contributed by atoms with Gasteiger partial charge in [0.05, 0.1) is 12.6 Å². The number of rotatable bonds is 7. The maximum Gasteiger partial charge on any atom is 0.456 e. The largest absolute Gasteiger partial charge is 0.471 e. The summed E-state index contributed by atoms with van der Waals surface area (Å²) in [4.78, 5) is 34.0. The summed E-state index contributed by atoms with van der Waals surface area (Å²) in [5.74, 6) is -5.67. The Labute approximate surface area is 179 Å². The van der Waals surface area contributed by atoms with Crippen LogP contribution in [0.15, 0.2) is 30.6 Å². The zero-order chi connectivity index (χ0) is 23.7. The first kappa shape index (κ1) is 23.4. The van der Waals surface area contributed by atoms with Crippen LogP contribution in [0.2, 0.25) is 0 Å². The highest BCUT2D eigenvalue weighted by Crippen LogP contribution is 2.36. The van der Waals surface area contributed by atoms with E-state index < -0.39 is 30.6 Å². The summed E-state index contributed by atoms with van der Waals surface area (Å²) in [5, 5.41) is 2.66. The first-order valence-corrected chi connectivity index (χ1v) is 9.56. The van der Waals surface area contributed by atoms with Crippen LogP contribution in [0.25, 0.3) is 0 Å². The van der Waals surface area contributed by atoms with Gasteiger partial charge in [-0.15, -0.1) is 0 Å². The van der Waals surface area contributed by atoms with Crippen molar-refractivity contribution in [2.75, 3.05) is 11.9 Å². The molecule has 0 aromatic carbocycles. The Morgan fingerprint density at radius 1 is 1.22 bits per heavy atom. The Morgan fingerprint density at radius 2 is 1.94 bits per heavy atom. The molecule has 3 rings (SSSR count). The highest BCUT2D eigenvalue weighted by molar-refractivity contribution is 6.01. The molecule has 0 bridgehead atoms. The first-order valence-electron chi connectivity index (χ1n) is 9.56. The Morgan fingerprint density at radius 3 is 2.53 bits per heavy atom. The fourth-order valence-corrected chi connectivity index (χ4v) is 3.04. The summed E-state index contributed by atoms with van der Waals surface area (Å²) in [6.45, 7) is 1.66. The van der Waals surface area contributed by atoms with Crippen molar-refractivity contribution in [2.45, 2.75) is 45.0 Å². The summed E-state index contributed by atoms with van der Waals surface area (Å²) in [6, 6.07) is 3.61.